The Kier molecular flexibility index (Phi) is 9.33. The van der Waals surface area contributed by atoms with Crippen molar-refractivity contribution < 1.29 is 38.1 Å². The van der Waals surface area contributed by atoms with E-state index in [2.05, 4.69) is 9.98 Å². The Hall–Kier alpha value is -4.26. The number of hydrogen-bond acceptors (Lipinski definition) is 10. The molecule has 0 radical (unpaired) electrons. The third kappa shape index (κ3) is 7.87. The van der Waals surface area contributed by atoms with Crippen molar-refractivity contribution in [3.63, 3.8) is 0 Å². The Labute approximate surface area is 183 Å². The van der Waals surface area contributed by atoms with Crippen LogP contribution in [0.4, 0.5) is 11.4 Å². The van der Waals surface area contributed by atoms with Crippen molar-refractivity contribution in [1.82, 2.24) is 0 Å². The molecule has 0 saturated carbocycles. The quantitative estimate of drug-likeness (QED) is 0.226. The lowest BCUT2D eigenvalue weighted by Gasteiger charge is -2.15. The maximum Gasteiger partial charge on any atom is 0.347 e. The van der Waals surface area contributed by atoms with Gasteiger partial charge in [-0.1, -0.05) is 0 Å². The third-order valence-electron chi connectivity index (χ3n) is 3.88. The number of hydrogen-bond donors (Lipinski definition) is 0. The fourth-order valence-corrected chi connectivity index (χ4v) is 2.33. The summed E-state index contributed by atoms with van der Waals surface area (Å²) in [5.74, 6) is -0.498. The van der Waals surface area contributed by atoms with Crippen molar-refractivity contribution in [3.8, 4) is 11.5 Å². The number of carbonyl (C=O) groups is 2. The number of carbonyl (C=O) groups excluding carboxylic acids is 4. The van der Waals surface area contributed by atoms with E-state index in [1.165, 1.54) is 50.3 Å². The van der Waals surface area contributed by atoms with Gasteiger partial charge in [0, 0.05) is 0 Å². The predicted octanol–water partition coefficient (Wildman–Crippen LogP) is 2.94. The van der Waals surface area contributed by atoms with E-state index >= 15 is 0 Å². The predicted molar refractivity (Wildman–Crippen MR) is 111 cm³/mol. The number of nitrogens with zero attached hydrogens (tertiary/aromatic N) is 2. The Bertz CT molecular complexity index is 924. The number of isocyanates is 2. The summed E-state index contributed by atoms with van der Waals surface area (Å²) in [4.78, 5) is 51.3. The van der Waals surface area contributed by atoms with Gasteiger partial charge < -0.3 is 18.9 Å². The topological polar surface area (TPSA) is 130 Å². The molecule has 166 valence electrons. The monoisotopic (exact) mass is 440 g/mol. The van der Waals surface area contributed by atoms with E-state index in [9.17, 15) is 19.2 Å². The van der Waals surface area contributed by atoms with Gasteiger partial charge in [0.25, 0.3) is 0 Å². The lowest BCUT2D eigenvalue weighted by atomic mass is 10.3. The van der Waals surface area contributed by atoms with E-state index in [0.717, 1.165) is 0 Å². The Morgan fingerprint density at radius 3 is 1.38 bits per heavy atom. The highest BCUT2D eigenvalue weighted by Crippen LogP contribution is 2.20. The first kappa shape index (κ1) is 24.0. The molecule has 32 heavy (non-hydrogen) atoms. The highest BCUT2D eigenvalue weighted by molar-refractivity contribution is 5.75. The van der Waals surface area contributed by atoms with Crippen molar-refractivity contribution >= 4 is 35.5 Å². The molecule has 0 amide bonds. The average molecular weight is 440 g/mol. The molecule has 0 saturated heterocycles. The number of esters is 2. The third-order valence-corrected chi connectivity index (χ3v) is 3.88. The summed E-state index contributed by atoms with van der Waals surface area (Å²) >= 11 is 0. The van der Waals surface area contributed by atoms with E-state index in [-0.39, 0.29) is 13.2 Å². The summed E-state index contributed by atoms with van der Waals surface area (Å²) < 4.78 is 20.9. The van der Waals surface area contributed by atoms with Crippen molar-refractivity contribution in [2.45, 2.75) is 26.1 Å². The molecule has 0 heterocycles. The summed E-state index contributed by atoms with van der Waals surface area (Å²) in [6, 6.07) is 12.3. The van der Waals surface area contributed by atoms with Gasteiger partial charge in [0.15, 0.2) is 12.2 Å². The summed E-state index contributed by atoms with van der Waals surface area (Å²) in [5, 5.41) is 0. The van der Waals surface area contributed by atoms with Gasteiger partial charge in [-0.2, -0.15) is 9.98 Å². The van der Waals surface area contributed by atoms with Crippen molar-refractivity contribution in [2.75, 3.05) is 13.2 Å². The number of ether oxygens (including phenoxy) is 4. The zero-order chi connectivity index (χ0) is 23.3. The van der Waals surface area contributed by atoms with Crippen LogP contribution in [0.5, 0.6) is 11.5 Å². The highest BCUT2D eigenvalue weighted by Gasteiger charge is 2.19. The van der Waals surface area contributed by atoms with E-state index in [0.29, 0.717) is 22.9 Å². The first-order valence-electron chi connectivity index (χ1n) is 9.45. The van der Waals surface area contributed by atoms with Crippen LogP contribution >= 0.6 is 0 Å². The van der Waals surface area contributed by atoms with Crippen LogP contribution in [0.3, 0.4) is 0 Å². The van der Waals surface area contributed by atoms with Crippen LogP contribution in [0.2, 0.25) is 0 Å². The lowest BCUT2D eigenvalue weighted by molar-refractivity contribution is -0.159. The standard InChI is InChI=1S/C22H20N2O8/c1-15(31-19-7-3-17(4-8-19)23-13-25)21(27)29-11-12-30-22(28)16(2)32-20-9-5-18(6-10-20)24-14-26/h3-10,15-16H,11-12H2,1-2H3. The van der Waals surface area contributed by atoms with Gasteiger partial charge in [-0.15, -0.1) is 0 Å². The molecular formula is C22H20N2O8. The van der Waals surface area contributed by atoms with Crippen LogP contribution in [0.1, 0.15) is 13.8 Å². The van der Waals surface area contributed by atoms with Crippen LogP contribution < -0.4 is 9.47 Å². The zero-order valence-electron chi connectivity index (χ0n) is 17.3. The first-order chi connectivity index (χ1) is 15.4. The molecule has 0 spiro atoms. The molecule has 0 aliphatic rings. The second-order valence-corrected chi connectivity index (χ2v) is 6.25. The SMILES string of the molecule is CC(Oc1ccc(N=C=O)cc1)C(=O)OCCOC(=O)C(C)Oc1ccc(N=C=O)cc1. The molecule has 0 aliphatic carbocycles. The average Bonchev–Trinajstić information content (AvgIpc) is 2.79. The van der Waals surface area contributed by atoms with Gasteiger partial charge in [-0.25, -0.2) is 19.2 Å². The van der Waals surface area contributed by atoms with Crippen molar-refractivity contribution in [3.05, 3.63) is 48.5 Å². The molecule has 2 aromatic carbocycles. The van der Waals surface area contributed by atoms with Gasteiger partial charge >= 0.3 is 11.9 Å². The normalized spacial score (nSPS) is 11.7. The van der Waals surface area contributed by atoms with Crippen molar-refractivity contribution in [2.24, 2.45) is 9.98 Å². The number of benzene rings is 2. The second kappa shape index (κ2) is 12.4. The van der Waals surface area contributed by atoms with Crippen LogP contribution in [-0.4, -0.2) is 49.5 Å². The second-order valence-electron chi connectivity index (χ2n) is 6.25. The van der Waals surface area contributed by atoms with Gasteiger partial charge in [-0.05, 0) is 62.4 Å². The number of rotatable bonds is 11. The largest absolute Gasteiger partial charge is 0.479 e. The van der Waals surface area contributed by atoms with E-state index in [4.69, 9.17) is 18.9 Å². The molecule has 10 heteroatoms. The first-order valence-corrected chi connectivity index (χ1v) is 9.45. The Morgan fingerprint density at radius 2 is 1.06 bits per heavy atom. The minimum absolute atomic E-state index is 0.156. The number of aliphatic imine (C=N–C) groups is 2. The Balaban J connectivity index is 1.69. The van der Waals surface area contributed by atoms with Crippen molar-refractivity contribution in [1.29, 1.82) is 0 Å². The zero-order valence-corrected chi connectivity index (χ0v) is 17.3. The maximum absolute atomic E-state index is 12.0. The maximum atomic E-state index is 12.0. The summed E-state index contributed by atoms with van der Waals surface area (Å²) in [6.07, 6.45) is 1.05. The summed E-state index contributed by atoms with van der Waals surface area (Å²) in [5.41, 5.74) is 0.818. The molecular weight excluding hydrogens is 420 g/mol. The van der Waals surface area contributed by atoms with Crippen LogP contribution in [-0.2, 0) is 28.7 Å². The van der Waals surface area contributed by atoms with Crippen LogP contribution in [0, 0.1) is 0 Å². The molecule has 0 fully saturated rings. The van der Waals surface area contributed by atoms with E-state index < -0.39 is 24.1 Å². The van der Waals surface area contributed by atoms with Gasteiger partial charge in [0.2, 0.25) is 12.2 Å². The molecule has 0 aromatic heterocycles. The minimum Gasteiger partial charge on any atom is -0.479 e. The smallest absolute Gasteiger partial charge is 0.347 e. The van der Waals surface area contributed by atoms with Crippen LogP contribution in [0.15, 0.2) is 58.5 Å². The molecule has 2 unspecified atom stereocenters. The van der Waals surface area contributed by atoms with E-state index in [1.54, 1.807) is 24.3 Å². The fourth-order valence-electron chi connectivity index (χ4n) is 2.33. The van der Waals surface area contributed by atoms with Crippen LogP contribution in [0.25, 0.3) is 0 Å². The van der Waals surface area contributed by atoms with Gasteiger partial charge in [-0.3, -0.25) is 0 Å². The lowest BCUT2D eigenvalue weighted by Crippen LogP contribution is -2.29. The minimum atomic E-state index is -0.903. The van der Waals surface area contributed by atoms with E-state index in [1.807, 2.05) is 0 Å². The van der Waals surface area contributed by atoms with Gasteiger partial charge in [0.1, 0.15) is 24.7 Å². The Morgan fingerprint density at radius 1 is 0.719 bits per heavy atom. The molecule has 2 rings (SSSR count). The van der Waals surface area contributed by atoms with Gasteiger partial charge in [0.05, 0.1) is 11.4 Å². The molecule has 2 aromatic rings. The summed E-state index contributed by atoms with van der Waals surface area (Å²) in [6.45, 7) is 2.70. The fraction of sp³-hybridized carbons (Fsp3) is 0.273. The highest BCUT2D eigenvalue weighted by atomic mass is 16.6. The molecule has 10 nitrogen and oxygen atoms in total. The molecule has 0 bridgehead atoms. The molecule has 0 aliphatic heterocycles. The summed E-state index contributed by atoms with van der Waals surface area (Å²) in [7, 11) is 0. The molecule has 2 atom stereocenters. The molecule has 0 N–H and O–H groups in total.